The maximum Gasteiger partial charge on any atom is 0.255 e. The van der Waals surface area contributed by atoms with Gasteiger partial charge in [0, 0.05) is 27.7 Å². The molecule has 1 unspecified atom stereocenters. The smallest absolute Gasteiger partial charge is 0.255 e. The molecule has 0 spiro atoms. The number of benzene rings is 3. The molecule has 2 N–H and O–H groups in total. The first-order valence-corrected chi connectivity index (χ1v) is 16.6. The van der Waals surface area contributed by atoms with Gasteiger partial charge in [-0.2, -0.15) is 4.98 Å². The number of thioether (sulfide) groups is 1. The molecule has 1 aromatic heterocycles. The van der Waals surface area contributed by atoms with E-state index in [1.54, 1.807) is 23.6 Å². The maximum atomic E-state index is 14.1. The summed E-state index contributed by atoms with van der Waals surface area (Å²) >= 11 is 11.7. The number of carbonyl (C=O) groups is 1. The summed E-state index contributed by atoms with van der Waals surface area (Å²) in [6, 6.07) is 16.7. The average Bonchev–Trinajstić information content (AvgIpc) is 3.40. The summed E-state index contributed by atoms with van der Waals surface area (Å²) in [5, 5.41) is 12.6. The van der Waals surface area contributed by atoms with Crippen molar-refractivity contribution in [3.63, 3.8) is 0 Å². The highest BCUT2D eigenvalue weighted by Gasteiger charge is 2.35. The third-order valence-corrected chi connectivity index (χ3v) is 9.44. The summed E-state index contributed by atoms with van der Waals surface area (Å²) in [4.78, 5) is 18.9. The molecule has 0 aliphatic carbocycles. The van der Waals surface area contributed by atoms with Crippen molar-refractivity contribution in [1.82, 2.24) is 14.8 Å². The number of methoxy groups -OCH3 is 1. The van der Waals surface area contributed by atoms with Gasteiger partial charge in [-0.25, -0.2) is 4.68 Å². The van der Waals surface area contributed by atoms with Crippen LogP contribution in [0.1, 0.15) is 55.0 Å². The van der Waals surface area contributed by atoms with Gasteiger partial charge in [0.25, 0.3) is 5.91 Å². The lowest BCUT2D eigenvalue weighted by Gasteiger charge is -2.29. The van der Waals surface area contributed by atoms with Crippen LogP contribution in [0.25, 0.3) is 0 Å². The van der Waals surface area contributed by atoms with Gasteiger partial charge in [0.15, 0.2) is 11.5 Å². The van der Waals surface area contributed by atoms with E-state index in [-0.39, 0.29) is 12.5 Å². The molecule has 2 heterocycles. The van der Waals surface area contributed by atoms with Crippen molar-refractivity contribution in [1.29, 1.82) is 0 Å². The fourth-order valence-electron chi connectivity index (χ4n) is 4.98. The van der Waals surface area contributed by atoms with Gasteiger partial charge >= 0.3 is 0 Å². The molecule has 1 aliphatic heterocycles. The van der Waals surface area contributed by atoms with E-state index >= 15 is 0 Å². The molecule has 1 amide bonds. The zero-order valence-corrected chi connectivity index (χ0v) is 28.5. The predicted molar refractivity (Wildman–Crippen MR) is 181 cm³/mol. The SMILES string of the molecule is CCCCSc1nc2n(n1)C(c1cc(Br)c(OCc3ccccc3Cl)c(OC)c1)C(C(=O)Nc1cccc(C)c1C)=C(C)N2. The maximum absolute atomic E-state index is 14.1. The Labute approximate surface area is 275 Å². The molecule has 0 fully saturated rings. The zero-order chi connectivity index (χ0) is 31.4. The molecule has 5 rings (SSSR count). The van der Waals surface area contributed by atoms with Crippen molar-refractivity contribution in [2.75, 3.05) is 23.5 Å². The molecule has 0 saturated carbocycles. The lowest BCUT2D eigenvalue weighted by Crippen LogP contribution is -2.31. The molecule has 11 heteroatoms. The standard InChI is InChI=1S/C33H35BrClN5O3S/c1-6-7-15-44-33-38-32-36-21(4)28(31(41)37-26-14-10-11-19(2)20(26)3)29(40(32)39-33)23-16-24(34)30(27(17-23)42-5)43-18-22-12-8-9-13-25(22)35/h8-14,16-17,29H,6-7,15,18H2,1-5H3,(H,37,41)(H,36,38,39). The Morgan fingerprint density at radius 2 is 1.95 bits per heavy atom. The molecule has 0 radical (unpaired) electrons. The number of allylic oxidation sites excluding steroid dienone is 1. The fourth-order valence-corrected chi connectivity index (χ4v) is 6.66. The number of anilines is 2. The van der Waals surface area contributed by atoms with E-state index in [9.17, 15) is 4.79 Å². The number of amides is 1. The van der Waals surface area contributed by atoms with Gasteiger partial charge in [-0.1, -0.05) is 67.0 Å². The van der Waals surface area contributed by atoms with E-state index in [1.807, 2.05) is 75.4 Å². The Morgan fingerprint density at radius 3 is 2.70 bits per heavy atom. The average molecular weight is 697 g/mol. The summed E-state index contributed by atoms with van der Waals surface area (Å²) < 4.78 is 14.5. The summed E-state index contributed by atoms with van der Waals surface area (Å²) in [5.41, 5.74) is 5.72. The zero-order valence-electron chi connectivity index (χ0n) is 25.3. The second-order valence-corrected chi connectivity index (χ2v) is 12.9. The predicted octanol–water partition coefficient (Wildman–Crippen LogP) is 8.72. The van der Waals surface area contributed by atoms with Gasteiger partial charge in [0.1, 0.15) is 12.6 Å². The van der Waals surface area contributed by atoms with Crippen LogP contribution in [0.5, 0.6) is 11.5 Å². The van der Waals surface area contributed by atoms with Crippen molar-refractivity contribution in [2.24, 2.45) is 0 Å². The third-order valence-electron chi connectivity index (χ3n) is 7.56. The monoisotopic (exact) mass is 695 g/mol. The highest BCUT2D eigenvalue weighted by atomic mass is 79.9. The molecule has 3 aromatic carbocycles. The molecule has 1 atom stereocenters. The number of halogens is 2. The minimum absolute atomic E-state index is 0.232. The number of hydrogen-bond donors (Lipinski definition) is 2. The Bertz CT molecular complexity index is 1720. The third kappa shape index (κ3) is 6.77. The number of rotatable bonds is 11. The lowest BCUT2D eigenvalue weighted by molar-refractivity contribution is -0.113. The molecule has 8 nitrogen and oxygen atoms in total. The normalized spacial score (nSPS) is 14.2. The summed E-state index contributed by atoms with van der Waals surface area (Å²) in [6.07, 6.45) is 2.15. The molecule has 0 bridgehead atoms. The largest absolute Gasteiger partial charge is 0.493 e. The van der Waals surface area contributed by atoms with Crippen molar-refractivity contribution < 1.29 is 14.3 Å². The van der Waals surface area contributed by atoms with Crippen LogP contribution in [-0.2, 0) is 11.4 Å². The van der Waals surface area contributed by atoms with Gasteiger partial charge in [0.05, 0.1) is 17.2 Å². The number of aryl methyl sites for hydroxylation is 1. The molecule has 0 saturated heterocycles. The summed E-state index contributed by atoms with van der Waals surface area (Å²) in [7, 11) is 1.59. The highest BCUT2D eigenvalue weighted by molar-refractivity contribution is 9.10. The number of ether oxygens (including phenoxy) is 2. The van der Waals surface area contributed by atoms with Gasteiger partial charge in [0.2, 0.25) is 11.1 Å². The van der Waals surface area contributed by atoms with Crippen molar-refractivity contribution in [3.8, 4) is 11.5 Å². The van der Waals surface area contributed by atoms with Gasteiger partial charge in [-0.3, -0.25) is 4.79 Å². The van der Waals surface area contributed by atoms with Gasteiger partial charge < -0.3 is 20.1 Å². The number of nitrogens with one attached hydrogen (secondary N) is 2. The summed E-state index contributed by atoms with van der Waals surface area (Å²) in [6.45, 7) is 8.33. The van der Waals surface area contributed by atoms with Gasteiger partial charge in [-0.05, 0) is 84.1 Å². The van der Waals surface area contributed by atoms with E-state index in [2.05, 4.69) is 33.5 Å². The Morgan fingerprint density at radius 1 is 1.16 bits per heavy atom. The van der Waals surface area contributed by atoms with E-state index in [1.165, 1.54) is 0 Å². The summed E-state index contributed by atoms with van der Waals surface area (Å²) in [5.74, 6) is 2.29. The molecule has 1 aliphatic rings. The van der Waals surface area contributed by atoms with Crippen LogP contribution in [0, 0.1) is 13.8 Å². The van der Waals surface area contributed by atoms with Crippen LogP contribution >= 0.6 is 39.3 Å². The Balaban J connectivity index is 1.56. The van der Waals surface area contributed by atoms with Crippen LogP contribution in [-0.4, -0.2) is 33.5 Å². The molecular formula is C33H35BrClN5O3S. The number of unbranched alkanes of at least 4 members (excludes halogenated alkanes) is 1. The number of aromatic nitrogens is 3. The van der Waals surface area contributed by atoms with E-state index in [4.69, 9.17) is 31.2 Å². The van der Waals surface area contributed by atoms with Crippen LogP contribution in [0.3, 0.4) is 0 Å². The Kier molecular flexibility index (Phi) is 10.2. The second-order valence-electron chi connectivity index (χ2n) is 10.5. The van der Waals surface area contributed by atoms with Crippen LogP contribution in [0.15, 0.2) is 75.5 Å². The first kappa shape index (κ1) is 31.9. The molecule has 230 valence electrons. The first-order valence-electron chi connectivity index (χ1n) is 14.4. The lowest BCUT2D eigenvalue weighted by atomic mass is 9.94. The molecular weight excluding hydrogens is 662 g/mol. The minimum atomic E-state index is -0.591. The quantitative estimate of drug-likeness (QED) is 0.120. The topological polar surface area (TPSA) is 90.3 Å². The number of hydrogen-bond acceptors (Lipinski definition) is 7. The highest BCUT2D eigenvalue weighted by Crippen LogP contribution is 2.44. The second kappa shape index (κ2) is 14.1. The Hall–Kier alpha value is -3.47. The first-order chi connectivity index (χ1) is 21.2. The van der Waals surface area contributed by atoms with E-state index in [0.29, 0.717) is 43.4 Å². The van der Waals surface area contributed by atoms with Crippen molar-refractivity contribution in [2.45, 2.75) is 58.3 Å². The fraction of sp³-hybridized carbons (Fsp3) is 0.303. The van der Waals surface area contributed by atoms with Crippen molar-refractivity contribution in [3.05, 3.63) is 97.6 Å². The van der Waals surface area contributed by atoms with Crippen LogP contribution < -0.4 is 20.1 Å². The van der Waals surface area contributed by atoms with Gasteiger partial charge in [-0.15, -0.1) is 5.10 Å². The molecule has 44 heavy (non-hydrogen) atoms. The molecule has 4 aromatic rings. The minimum Gasteiger partial charge on any atom is -0.493 e. The van der Waals surface area contributed by atoms with E-state index in [0.717, 1.165) is 46.5 Å². The number of fused-ring (bicyclic) bond motifs is 1. The van der Waals surface area contributed by atoms with Crippen LogP contribution in [0.4, 0.5) is 11.6 Å². The van der Waals surface area contributed by atoms with Crippen molar-refractivity contribution >= 4 is 56.8 Å². The van der Waals surface area contributed by atoms with E-state index < -0.39 is 6.04 Å². The number of nitrogens with zero attached hydrogens (tertiary/aromatic N) is 3. The van der Waals surface area contributed by atoms with Crippen LogP contribution in [0.2, 0.25) is 5.02 Å². The number of carbonyl (C=O) groups excluding carboxylic acids is 1.